The summed E-state index contributed by atoms with van der Waals surface area (Å²) in [6.45, 7) is 8.24. The molecule has 0 saturated heterocycles. The highest BCUT2D eigenvalue weighted by Crippen LogP contribution is 2.24. The molecule has 0 atom stereocenters. The third-order valence-corrected chi connectivity index (χ3v) is 2.82. The fourth-order valence-corrected chi connectivity index (χ4v) is 1.96. The van der Waals surface area contributed by atoms with Crippen LogP contribution in [-0.2, 0) is 9.53 Å². The zero-order valence-corrected chi connectivity index (χ0v) is 12.1. The van der Waals surface area contributed by atoms with E-state index in [0.29, 0.717) is 12.5 Å². The van der Waals surface area contributed by atoms with Gasteiger partial charge in [-0.25, -0.2) is 0 Å². The first-order chi connectivity index (χ1) is 8.97. The van der Waals surface area contributed by atoms with Gasteiger partial charge in [-0.2, -0.15) is 0 Å². The molecule has 4 nitrogen and oxygen atoms in total. The molecule has 0 aliphatic rings. The van der Waals surface area contributed by atoms with Crippen molar-refractivity contribution in [1.82, 2.24) is 0 Å². The maximum atomic E-state index is 11.9. The van der Waals surface area contributed by atoms with Gasteiger partial charge in [-0.05, 0) is 30.9 Å². The van der Waals surface area contributed by atoms with Gasteiger partial charge in [0.15, 0.2) is 0 Å². The second-order valence-electron chi connectivity index (χ2n) is 5.11. The average Bonchev–Trinajstić information content (AvgIpc) is 2.35. The lowest BCUT2D eigenvalue weighted by atomic mass is 10.1. The van der Waals surface area contributed by atoms with Crippen LogP contribution in [0.1, 0.15) is 25.0 Å². The van der Waals surface area contributed by atoms with Gasteiger partial charge < -0.3 is 9.84 Å². The molecule has 4 heteroatoms. The van der Waals surface area contributed by atoms with E-state index in [2.05, 4.69) is 13.8 Å². The first-order valence-corrected chi connectivity index (χ1v) is 6.52. The lowest BCUT2D eigenvalue weighted by molar-refractivity contribution is -0.122. The molecule has 106 valence electrons. The molecule has 0 fully saturated rings. The van der Waals surface area contributed by atoms with Crippen molar-refractivity contribution in [3.8, 4) is 0 Å². The van der Waals surface area contributed by atoms with Crippen LogP contribution in [-0.4, -0.2) is 31.0 Å². The van der Waals surface area contributed by atoms with Crippen LogP contribution >= 0.6 is 0 Å². The Balaban J connectivity index is 2.93. The zero-order valence-electron chi connectivity index (χ0n) is 12.1. The molecule has 1 aromatic carbocycles. The molecule has 0 aliphatic heterocycles. The summed E-state index contributed by atoms with van der Waals surface area (Å²) in [5.74, 6) is 0.0604. The summed E-state index contributed by atoms with van der Waals surface area (Å²) < 4.78 is 5.54. The number of anilines is 1. The number of nitrogens with zero attached hydrogens (tertiary/aromatic N) is 1. The lowest BCUT2D eigenvalue weighted by Gasteiger charge is -2.25. The molecule has 0 bridgehead atoms. The van der Waals surface area contributed by atoms with E-state index in [4.69, 9.17) is 9.84 Å². The number of benzene rings is 1. The summed E-state index contributed by atoms with van der Waals surface area (Å²) in [7, 11) is 0. The highest BCUT2D eigenvalue weighted by atomic mass is 16.5. The van der Waals surface area contributed by atoms with Crippen LogP contribution < -0.4 is 4.90 Å². The van der Waals surface area contributed by atoms with Crippen LogP contribution in [0.4, 0.5) is 5.69 Å². The van der Waals surface area contributed by atoms with Crippen LogP contribution in [0.5, 0.6) is 0 Å². The number of amides is 1. The molecule has 0 spiro atoms. The Bertz CT molecular complexity index is 409. The number of carbonyl (C=O) groups is 1. The van der Waals surface area contributed by atoms with Gasteiger partial charge in [0.1, 0.15) is 13.3 Å². The van der Waals surface area contributed by atoms with Gasteiger partial charge in [-0.1, -0.05) is 32.0 Å². The topological polar surface area (TPSA) is 49.8 Å². The first-order valence-electron chi connectivity index (χ1n) is 6.52. The summed E-state index contributed by atoms with van der Waals surface area (Å²) in [4.78, 5) is 13.4. The minimum Gasteiger partial charge on any atom is -0.387 e. The minimum atomic E-state index is -0.515. The van der Waals surface area contributed by atoms with Gasteiger partial charge in [0.05, 0.1) is 12.3 Å². The SMILES string of the molecule is Cc1cccc(C)c1N(COCC(C)C)C(=O)CO. The number of hydrogen-bond donors (Lipinski definition) is 1. The standard InChI is InChI=1S/C15H23NO3/c1-11(2)9-19-10-16(14(18)8-17)15-12(3)6-5-7-13(15)4/h5-7,11,17H,8-10H2,1-4H3. The molecule has 0 saturated carbocycles. The van der Waals surface area contributed by atoms with Crippen LogP contribution in [0.25, 0.3) is 0 Å². The zero-order chi connectivity index (χ0) is 14.4. The molecule has 0 heterocycles. The van der Waals surface area contributed by atoms with E-state index in [-0.39, 0.29) is 12.6 Å². The third kappa shape index (κ3) is 4.33. The second kappa shape index (κ2) is 7.26. The maximum absolute atomic E-state index is 11.9. The normalized spacial score (nSPS) is 10.8. The average molecular weight is 265 g/mol. The first kappa shape index (κ1) is 15.7. The van der Waals surface area contributed by atoms with Crippen molar-refractivity contribution in [2.45, 2.75) is 27.7 Å². The van der Waals surface area contributed by atoms with Crippen molar-refractivity contribution in [2.24, 2.45) is 5.92 Å². The third-order valence-electron chi connectivity index (χ3n) is 2.82. The van der Waals surface area contributed by atoms with Gasteiger partial charge >= 0.3 is 0 Å². The summed E-state index contributed by atoms with van der Waals surface area (Å²) in [5, 5.41) is 9.11. The van der Waals surface area contributed by atoms with Crippen LogP contribution in [0.2, 0.25) is 0 Å². The fourth-order valence-electron chi connectivity index (χ4n) is 1.96. The molecule has 0 aromatic heterocycles. The van der Waals surface area contributed by atoms with E-state index in [1.54, 1.807) is 0 Å². The molecule has 0 radical (unpaired) electrons. The number of aliphatic hydroxyl groups excluding tert-OH is 1. The molecular weight excluding hydrogens is 242 g/mol. The Labute approximate surface area is 115 Å². The maximum Gasteiger partial charge on any atom is 0.254 e. The highest BCUT2D eigenvalue weighted by Gasteiger charge is 2.18. The number of para-hydroxylation sites is 1. The number of hydrogen-bond acceptors (Lipinski definition) is 3. The molecule has 19 heavy (non-hydrogen) atoms. The van der Waals surface area contributed by atoms with Crippen LogP contribution in [0, 0.1) is 19.8 Å². The molecule has 0 aliphatic carbocycles. The van der Waals surface area contributed by atoms with E-state index in [9.17, 15) is 4.79 Å². The number of rotatable bonds is 6. The smallest absolute Gasteiger partial charge is 0.254 e. The molecule has 1 aromatic rings. The van der Waals surface area contributed by atoms with Crippen molar-refractivity contribution < 1.29 is 14.6 Å². The summed E-state index contributed by atoms with van der Waals surface area (Å²) in [5.41, 5.74) is 2.82. The summed E-state index contributed by atoms with van der Waals surface area (Å²) >= 11 is 0. The Morgan fingerprint density at radius 3 is 2.37 bits per heavy atom. The summed E-state index contributed by atoms with van der Waals surface area (Å²) in [6.07, 6.45) is 0. The lowest BCUT2D eigenvalue weighted by Crippen LogP contribution is -2.36. The number of ether oxygens (including phenoxy) is 1. The second-order valence-corrected chi connectivity index (χ2v) is 5.11. The van der Waals surface area contributed by atoms with Gasteiger partial charge in [0, 0.05) is 0 Å². The highest BCUT2D eigenvalue weighted by molar-refractivity contribution is 5.95. The summed E-state index contributed by atoms with van der Waals surface area (Å²) in [6, 6.07) is 5.84. The van der Waals surface area contributed by atoms with Gasteiger partial charge in [-0.3, -0.25) is 9.69 Å². The Hall–Kier alpha value is -1.39. The largest absolute Gasteiger partial charge is 0.387 e. The predicted molar refractivity (Wildman–Crippen MR) is 76.1 cm³/mol. The van der Waals surface area contributed by atoms with E-state index in [0.717, 1.165) is 16.8 Å². The monoisotopic (exact) mass is 265 g/mol. The fraction of sp³-hybridized carbons (Fsp3) is 0.533. The Kier molecular flexibility index (Phi) is 5.99. The number of aliphatic hydroxyl groups is 1. The Morgan fingerprint density at radius 1 is 1.32 bits per heavy atom. The van der Waals surface area contributed by atoms with Crippen LogP contribution in [0.15, 0.2) is 18.2 Å². The quantitative estimate of drug-likeness (QED) is 0.803. The van der Waals surface area contributed by atoms with Crippen molar-refractivity contribution in [1.29, 1.82) is 0 Å². The van der Waals surface area contributed by atoms with Crippen molar-refractivity contribution >= 4 is 11.6 Å². The van der Waals surface area contributed by atoms with Gasteiger partial charge in [-0.15, -0.1) is 0 Å². The molecule has 1 N–H and O–H groups in total. The molecule has 0 unspecified atom stereocenters. The van der Waals surface area contributed by atoms with Crippen molar-refractivity contribution in [2.75, 3.05) is 24.8 Å². The number of carbonyl (C=O) groups excluding carboxylic acids is 1. The molecular formula is C15H23NO3. The molecule has 1 rings (SSSR count). The van der Waals surface area contributed by atoms with Gasteiger partial charge in [0.25, 0.3) is 5.91 Å². The van der Waals surface area contributed by atoms with E-state index < -0.39 is 6.61 Å². The predicted octanol–water partition coefficient (Wildman–Crippen LogP) is 2.26. The minimum absolute atomic E-state index is 0.170. The molecule has 1 amide bonds. The Morgan fingerprint density at radius 2 is 1.89 bits per heavy atom. The van der Waals surface area contributed by atoms with E-state index in [1.165, 1.54) is 4.90 Å². The van der Waals surface area contributed by atoms with E-state index in [1.807, 2.05) is 32.0 Å². The van der Waals surface area contributed by atoms with Crippen molar-refractivity contribution in [3.63, 3.8) is 0 Å². The van der Waals surface area contributed by atoms with E-state index >= 15 is 0 Å². The van der Waals surface area contributed by atoms with Crippen molar-refractivity contribution in [3.05, 3.63) is 29.3 Å². The van der Waals surface area contributed by atoms with Crippen LogP contribution in [0.3, 0.4) is 0 Å². The van der Waals surface area contributed by atoms with Gasteiger partial charge in [0.2, 0.25) is 0 Å². The number of aryl methyl sites for hydroxylation is 2.